The summed E-state index contributed by atoms with van der Waals surface area (Å²) in [7, 11) is 3.64. The highest BCUT2D eigenvalue weighted by molar-refractivity contribution is 5.84. The molecule has 1 atom stereocenters. The molecule has 1 aromatic rings. The second-order valence-electron chi connectivity index (χ2n) is 9.02. The Bertz CT molecular complexity index is 908. The molecular formula is C28H40N4O. The van der Waals surface area contributed by atoms with Gasteiger partial charge >= 0.3 is 0 Å². The van der Waals surface area contributed by atoms with Crippen LogP contribution in [0.2, 0.25) is 0 Å². The van der Waals surface area contributed by atoms with E-state index in [2.05, 4.69) is 70.9 Å². The summed E-state index contributed by atoms with van der Waals surface area (Å²) in [5.41, 5.74) is 6.20. The van der Waals surface area contributed by atoms with Crippen LogP contribution in [0.4, 0.5) is 0 Å². The van der Waals surface area contributed by atoms with Gasteiger partial charge in [0.1, 0.15) is 6.04 Å². The summed E-state index contributed by atoms with van der Waals surface area (Å²) in [6, 6.07) is 6.65. The third kappa shape index (κ3) is 5.97. The van der Waals surface area contributed by atoms with Crippen molar-refractivity contribution >= 4 is 11.6 Å². The number of hydrogen-bond donors (Lipinski definition) is 2. The van der Waals surface area contributed by atoms with Crippen molar-refractivity contribution in [1.29, 1.82) is 0 Å². The number of likely N-dealkylation sites (tertiary alicyclic amines) is 1. The SMILES string of the molecule is C=CCCC(C(=O)NC)N1Cc2cc(C3CCN(CC(/C=C\NC)=C\C)CC3)ccc2C1=C. The van der Waals surface area contributed by atoms with Gasteiger partial charge in [-0.1, -0.05) is 36.9 Å². The van der Waals surface area contributed by atoms with Crippen LogP contribution >= 0.6 is 0 Å². The zero-order chi connectivity index (χ0) is 23.8. The monoisotopic (exact) mass is 448 g/mol. The standard InChI is InChI=1S/C28H40N4O/c1-6-8-9-27(28(33)30-5)32-20-25-18-24(10-11-26(25)21(32)3)23-13-16-31(17-14-23)19-22(7-2)12-15-29-4/h6-7,10-12,15,18,23,27,29H,1,3,8-9,13-14,16-17,19-20H2,2,4-5H3,(H,30,33)/b15-12-,22-7-. The van der Waals surface area contributed by atoms with Crippen molar-refractivity contribution in [3.8, 4) is 0 Å². The Morgan fingerprint density at radius 2 is 2.03 bits per heavy atom. The molecule has 0 radical (unpaired) electrons. The molecule has 2 N–H and O–H groups in total. The number of rotatable bonds is 10. The molecule has 2 heterocycles. The van der Waals surface area contributed by atoms with Gasteiger partial charge in [0.15, 0.2) is 0 Å². The fraction of sp³-hybridized carbons (Fsp3) is 0.464. The van der Waals surface area contributed by atoms with Gasteiger partial charge in [-0.2, -0.15) is 0 Å². The molecule has 1 aromatic carbocycles. The number of nitrogens with one attached hydrogen (secondary N) is 2. The number of hydrogen-bond acceptors (Lipinski definition) is 4. The molecule has 1 amide bonds. The van der Waals surface area contributed by atoms with Crippen LogP contribution in [0.3, 0.4) is 0 Å². The molecule has 2 aliphatic heterocycles. The lowest BCUT2D eigenvalue weighted by Gasteiger charge is -2.32. The minimum Gasteiger partial charge on any atom is -0.394 e. The number of fused-ring (bicyclic) bond motifs is 1. The van der Waals surface area contributed by atoms with Crippen molar-refractivity contribution in [1.82, 2.24) is 20.4 Å². The predicted molar refractivity (Wildman–Crippen MR) is 139 cm³/mol. The van der Waals surface area contributed by atoms with Crippen LogP contribution in [0, 0.1) is 0 Å². The number of likely N-dealkylation sites (N-methyl/N-ethyl adjacent to an activating group) is 1. The molecule has 3 rings (SSSR count). The van der Waals surface area contributed by atoms with Crippen LogP contribution in [-0.4, -0.2) is 55.5 Å². The first-order valence-corrected chi connectivity index (χ1v) is 12.1. The van der Waals surface area contributed by atoms with Crippen molar-refractivity contribution in [2.24, 2.45) is 0 Å². The second kappa shape index (κ2) is 11.9. The largest absolute Gasteiger partial charge is 0.394 e. The zero-order valence-corrected chi connectivity index (χ0v) is 20.6. The average molecular weight is 449 g/mol. The van der Waals surface area contributed by atoms with Crippen molar-refractivity contribution < 1.29 is 4.79 Å². The van der Waals surface area contributed by atoms with Gasteiger partial charge in [0.2, 0.25) is 5.91 Å². The van der Waals surface area contributed by atoms with Crippen molar-refractivity contribution in [2.75, 3.05) is 33.7 Å². The van der Waals surface area contributed by atoms with Gasteiger partial charge < -0.3 is 15.5 Å². The Hall–Kier alpha value is -2.79. The average Bonchev–Trinajstić information content (AvgIpc) is 3.17. The number of piperidine rings is 1. The highest BCUT2D eigenvalue weighted by Crippen LogP contribution is 2.37. The molecule has 33 heavy (non-hydrogen) atoms. The van der Waals surface area contributed by atoms with Crippen molar-refractivity contribution in [2.45, 2.75) is 51.1 Å². The van der Waals surface area contributed by atoms with E-state index in [9.17, 15) is 4.79 Å². The molecule has 0 aromatic heterocycles. The maximum Gasteiger partial charge on any atom is 0.242 e. The highest BCUT2D eigenvalue weighted by atomic mass is 16.2. The molecule has 1 fully saturated rings. The minimum atomic E-state index is -0.211. The van der Waals surface area contributed by atoms with Crippen LogP contribution in [-0.2, 0) is 11.3 Å². The smallest absolute Gasteiger partial charge is 0.242 e. The van der Waals surface area contributed by atoms with E-state index in [0.717, 1.165) is 44.7 Å². The third-order valence-corrected chi connectivity index (χ3v) is 7.00. The van der Waals surface area contributed by atoms with E-state index in [0.29, 0.717) is 5.92 Å². The molecule has 0 aliphatic carbocycles. The lowest BCUT2D eigenvalue weighted by Crippen LogP contribution is -2.42. The summed E-state index contributed by atoms with van der Waals surface area (Å²) in [4.78, 5) is 17.3. The Morgan fingerprint density at radius 1 is 1.27 bits per heavy atom. The van der Waals surface area contributed by atoms with Crippen LogP contribution in [0.25, 0.3) is 5.70 Å². The quantitative estimate of drug-likeness (QED) is 0.411. The summed E-state index contributed by atoms with van der Waals surface area (Å²) in [6.07, 6.45) is 12.1. The van der Waals surface area contributed by atoms with Gasteiger partial charge in [-0.05, 0) is 80.6 Å². The van der Waals surface area contributed by atoms with Crippen molar-refractivity contribution in [3.63, 3.8) is 0 Å². The Balaban J connectivity index is 1.65. The van der Waals surface area contributed by atoms with Gasteiger partial charge in [-0.3, -0.25) is 9.69 Å². The number of allylic oxidation sites excluding steroid dienone is 2. The number of nitrogens with zero attached hydrogens (tertiary/aromatic N) is 2. The second-order valence-corrected chi connectivity index (χ2v) is 9.02. The van der Waals surface area contributed by atoms with Crippen LogP contribution < -0.4 is 10.6 Å². The highest BCUT2D eigenvalue weighted by Gasteiger charge is 2.32. The summed E-state index contributed by atoms with van der Waals surface area (Å²) in [6.45, 7) is 14.2. The predicted octanol–water partition coefficient (Wildman–Crippen LogP) is 4.41. The molecule has 1 saturated heterocycles. The maximum atomic E-state index is 12.6. The Morgan fingerprint density at radius 3 is 2.67 bits per heavy atom. The topological polar surface area (TPSA) is 47.6 Å². The zero-order valence-electron chi connectivity index (χ0n) is 20.6. The molecule has 5 nitrogen and oxygen atoms in total. The first kappa shape index (κ1) is 24.8. The molecule has 0 saturated carbocycles. The van der Waals surface area contributed by atoms with Crippen molar-refractivity contribution in [3.05, 3.63) is 78.0 Å². The molecule has 2 aliphatic rings. The summed E-state index contributed by atoms with van der Waals surface area (Å²) < 4.78 is 0. The van der Waals surface area contributed by atoms with E-state index in [-0.39, 0.29) is 11.9 Å². The molecular weight excluding hydrogens is 408 g/mol. The molecule has 178 valence electrons. The van der Waals surface area contributed by atoms with Crippen LogP contribution in [0.15, 0.2) is 61.4 Å². The lowest BCUT2D eigenvalue weighted by atomic mass is 9.87. The normalized spacial score (nSPS) is 18.5. The summed E-state index contributed by atoms with van der Waals surface area (Å²) in [5, 5.41) is 5.90. The van der Waals surface area contributed by atoms with E-state index < -0.39 is 0 Å². The van der Waals surface area contributed by atoms with E-state index in [4.69, 9.17) is 0 Å². The number of benzene rings is 1. The van der Waals surface area contributed by atoms with E-state index in [1.54, 1.807) is 7.05 Å². The van der Waals surface area contributed by atoms with E-state index >= 15 is 0 Å². The first-order valence-electron chi connectivity index (χ1n) is 12.1. The fourth-order valence-corrected chi connectivity index (χ4v) is 5.00. The first-order chi connectivity index (χ1) is 16.0. The van der Waals surface area contributed by atoms with Gasteiger partial charge in [0, 0.05) is 38.4 Å². The molecule has 0 bridgehead atoms. The Labute approximate surface area is 199 Å². The number of carbonyl (C=O) groups excluding carboxylic acids is 1. The maximum absolute atomic E-state index is 12.6. The van der Waals surface area contributed by atoms with E-state index in [1.165, 1.54) is 35.1 Å². The third-order valence-electron chi connectivity index (χ3n) is 7.00. The van der Waals surface area contributed by atoms with Gasteiger partial charge in [-0.25, -0.2) is 0 Å². The number of carbonyl (C=O) groups is 1. The van der Waals surface area contributed by atoms with Gasteiger partial charge in [0.05, 0.1) is 0 Å². The minimum absolute atomic E-state index is 0.0449. The Kier molecular flexibility index (Phi) is 8.95. The van der Waals surface area contributed by atoms with Gasteiger partial charge in [-0.15, -0.1) is 6.58 Å². The van der Waals surface area contributed by atoms with E-state index in [1.807, 2.05) is 19.3 Å². The summed E-state index contributed by atoms with van der Waals surface area (Å²) in [5.74, 6) is 0.634. The molecule has 0 spiro atoms. The molecule has 1 unspecified atom stereocenters. The van der Waals surface area contributed by atoms with Crippen LogP contribution in [0.1, 0.15) is 55.2 Å². The van der Waals surface area contributed by atoms with Gasteiger partial charge in [0.25, 0.3) is 0 Å². The lowest BCUT2D eigenvalue weighted by molar-refractivity contribution is -0.125. The summed E-state index contributed by atoms with van der Waals surface area (Å²) >= 11 is 0. The number of amides is 1. The fourth-order valence-electron chi connectivity index (χ4n) is 5.00. The molecule has 5 heteroatoms. The van der Waals surface area contributed by atoms with Crippen LogP contribution in [0.5, 0.6) is 0 Å².